The zero-order chi connectivity index (χ0) is 19.3. The first kappa shape index (κ1) is 20.8. The molecule has 0 unspecified atom stereocenters. The molecule has 0 amide bonds. The molecule has 26 heavy (non-hydrogen) atoms. The molecule has 0 atom stereocenters. The van der Waals surface area contributed by atoms with Gasteiger partial charge in [-0.1, -0.05) is 55.2 Å². The molecular formula is C18H21Cl2NO4S. The van der Waals surface area contributed by atoms with Crippen molar-refractivity contribution in [3.05, 3.63) is 52.0 Å². The average Bonchev–Trinajstić information content (AvgIpc) is 2.61. The number of methoxy groups -OCH3 is 1. The Bertz CT molecular complexity index is 869. The summed E-state index contributed by atoms with van der Waals surface area (Å²) in [5.41, 5.74) is 1.07. The van der Waals surface area contributed by atoms with Gasteiger partial charge in [0.1, 0.15) is 28.0 Å². The highest BCUT2D eigenvalue weighted by Gasteiger charge is 2.21. The number of nitrogens with one attached hydrogen (secondary N) is 1. The SMILES string of the molecule is COc1ccc(S(=O)(=O)NCCOc2ccccc2C(C)C)c(Cl)c1Cl. The topological polar surface area (TPSA) is 64.6 Å². The van der Waals surface area contributed by atoms with Crippen molar-refractivity contribution < 1.29 is 17.9 Å². The van der Waals surface area contributed by atoms with Gasteiger partial charge in [0.2, 0.25) is 10.0 Å². The molecule has 0 heterocycles. The Balaban J connectivity index is 2.03. The highest BCUT2D eigenvalue weighted by molar-refractivity contribution is 7.89. The summed E-state index contributed by atoms with van der Waals surface area (Å²) >= 11 is 12.1. The fourth-order valence-corrected chi connectivity index (χ4v) is 4.23. The standard InChI is InChI=1S/C18H21Cl2NO4S/c1-12(2)13-6-4-5-7-14(13)25-11-10-21-26(22,23)16-9-8-15(24-3)17(19)18(16)20/h4-9,12,21H,10-11H2,1-3H3. The highest BCUT2D eigenvalue weighted by atomic mass is 35.5. The second kappa shape index (κ2) is 8.95. The number of hydrogen-bond donors (Lipinski definition) is 1. The number of para-hydroxylation sites is 1. The van der Waals surface area contributed by atoms with Crippen molar-refractivity contribution in [2.24, 2.45) is 0 Å². The van der Waals surface area contributed by atoms with Crippen molar-refractivity contribution in [2.45, 2.75) is 24.7 Å². The number of hydrogen-bond acceptors (Lipinski definition) is 4. The van der Waals surface area contributed by atoms with Crippen molar-refractivity contribution in [2.75, 3.05) is 20.3 Å². The maximum absolute atomic E-state index is 12.4. The lowest BCUT2D eigenvalue weighted by Gasteiger charge is -2.15. The quantitative estimate of drug-likeness (QED) is 0.642. The van der Waals surface area contributed by atoms with Gasteiger partial charge >= 0.3 is 0 Å². The third kappa shape index (κ3) is 4.82. The Labute approximate surface area is 164 Å². The number of rotatable bonds is 8. The molecule has 2 aromatic rings. The zero-order valence-electron chi connectivity index (χ0n) is 14.8. The van der Waals surface area contributed by atoms with Crippen LogP contribution >= 0.6 is 23.2 Å². The maximum Gasteiger partial charge on any atom is 0.242 e. The molecule has 0 aromatic heterocycles. The van der Waals surface area contributed by atoms with Crippen LogP contribution in [0.5, 0.6) is 11.5 Å². The van der Waals surface area contributed by atoms with Crippen molar-refractivity contribution in [3.63, 3.8) is 0 Å². The molecule has 142 valence electrons. The third-order valence-electron chi connectivity index (χ3n) is 3.71. The fraction of sp³-hybridized carbons (Fsp3) is 0.333. The van der Waals surface area contributed by atoms with Gasteiger partial charge in [-0.3, -0.25) is 0 Å². The number of benzene rings is 2. The van der Waals surface area contributed by atoms with Gasteiger partial charge in [-0.15, -0.1) is 0 Å². The molecule has 2 aromatic carbocycles. The first-order valence-corrected chi connectivity index (χ1v) is 10.2. The van der Waals surface area contributed by atoms with Crippen LogP contribution in [0.25, 0.3) is 0 Å². The van der Waals surface area contributed by atoms with Crippen molar-refractivity contribution in [1.29, 1.82) is 0 Å². The van der Waals surface area contributed by atoms with Gasteiger partial charge in [0.15, 0.2) is 0 Å². The van der Waals surface area contributed by atoms with Gasteiger partial charge in [0.05, 0.1) is 12.1 Å². The van der Waals surface area contributed by atoms with Crippen LogP contribution < -0.4 is 14.2 Å². The summed E-state index contributed by atoms with van der Waals surface area (Å²) in [6.45, 7) is 4.42. The molecule has 0 spiro atoms. The Morgan fingerprint density at radius 2 is 1.73 bits per heavy atom. The van der Waals surface area contributed by atoms with E-state index in [9.17, 15) is 8.42 Å². The summed E-state index contributed by atoms with van der Waals surface area (Å²) in [7, 11) is -2.39. The van der Waals surface area contributed by atoms with E-state index in [4.69, 9.17) is 32.7 Å². The van der Waals surface area contributed by atoms with Crippen LogP contribution in [0.1, 0.15) is 25.3 Å². The molecule has 0 radical (unpaired) electrons. The van der Waals surface area contributed by atoms with E-state index in [-0.39, 0.29) is 28.1 Å². The second-order valence-corrected chi connectivity index (χ2v) is 8.32. The smallest absolute Gasteiger partial charge is 0.242 e. The summed E-state index contributed by atoms with van der Waals surface area (Å²) in [4.78, 5) is -0.104. The molecule has 2 rings (SSSR count). The van der Waals surface area contributed by atoms with Gasteiger partial charge < -0.3 is 9.47 Å². The Morgan fingerprint density at radius 1 is 1.04 bits per heavy atom. The molecule has 0 bridgehead atoms. The first-order valence-electron chi connectivity index (χ1n) is 8.01. The Morgan fingerprint density at radius 3 is 2.38 bits per heavy atom. The molecule has 0 aliphatic carbocycles. The minimum atomic E-state index is -3.82. The van der Waals surface area contributed by atoms with Crippen molar-refractivity contribution in [3.8, 4) is 11.5 Å². The van der Waals surface area contributed by atoms with E-state index < -0.39 is 10.0 Å². The van der Waals surface area contributed by atoms with Crippen LogP contribution in [-0.2, 0) is 10.0 Å². The number of ether oxygens (including phenoxy) is 2. The lowest BCUT2D eigenvalue weighted by atomic mass is 10.0. The molecule has 0 aliphatic heterocycles. The second-order valence-electron chi connectivity index (χ2n) is 5.83. The minimum Gasteiger partial charge on any atom is -0.495 e. The lowest BCUT2D eigenvalue weighted by Crippen LogP contribution is -2.28. The van der Waals surface area contributed by atoms with E-state index >= 15 is 0 Å². The van der Waals surface area contributed by atoms with Crippen LogP contribution in [0, 0.1) is 0 Å². The summed E-state index contributed by atoms with van der Waals surface area (Å²) in [6.07, 6.45) is 0. The van der Waals surface area contributed by atoms with E-state index in [2.05, 4.69) is 18.6 Å². The Kier molecular flexibility index (Phi) is 7.17. The van der Waals surface area contributed by atoms with Crippen LogP contribution in [0.3, 0.4) is 0 Å². The van der Waals surface area contributed by atoms with Gasteiger partial charge in [0.25, 0.3) is 0 Å². The summed E-state index contributed by atoms with van der Waals surface area (Å²) in [6, 6.07) is 10.5. The molecule has 0 fully saturated rings. The van der Waals surface area contributed by atoms with E-state index in [1.165, 1.54) is 19.2 Å². The zero-order valence-corrected chi connectivity index (χ0v) is 17.1. The molecule has 1 N–H and O–H groups in total. The van der Waals surface area contributed by atoms with Gasteiger partial charge in [0, 0.05) is 6.54 Å². The fourth-order valence-electron chi connectivity index (χ4n) is 2.38. The van der Waals surface area contributed by atoms with Crippen LogP contribution in [0.15, 0.2) is 41.3 Å². The Hall–Kier alpha value is -1.47. The van der Waals surface area contributed by atoms with E-state index in [1.807, 2.05) is 24.3 Å². The average molecular weight is 418 g/mol. The highest BCUT2D eigenvalue weighted by Crippen LogP contribution is 2.36. The molecule has 0 saturated carbocycles. The van der Waals surface area contributed by atoms with Crippen LogP contribution in [-0.4, -0.2) is 28.7 Å². The number of halogens is 2. The minimum absolute atomic E-state index is 0.0548. The van der Waals surface area contributed by atoms with Crippen LogP contribution in [0.4, 0.5) is 0 Å². The summed E-state index contributed by atoms with van der Waals surface area (Å²) < 4.78 is 38.1. The molecular weight excluding hydrogens is 397 g/mol. The predicted octanol–water partition coefficient (Wildman–Crippen LogP) is 4.48. The molecule has 8 heteroatoms. The van der Waals surface area contributed by atoms with E-state index in [1.54, 1.807) is 0 Å². The van der Waals surface area contributed by atoms with Gasteiger partial charge in [-0.05, 0) is 29.7 Å². The molecule has 5 nitrogen and oxygen atoms in total. The monoisotopic (exact) mass is 417 g/mol. The summed E-state index contributed by atoms with van der Waals surface area (Å²) in [5, 5.41) is -0.0243. The van der Waals surface area contributed by atoms with Gasteiger partial charge in [-0.2, -0.15) is 0 Å². The van der Waals surface area contributed by atoms with Crippen molar-refractivity contribution in [1.82, 2.24) is 4.72 Å². The van der Waals surface area contributed by atoms with E-state index in [0.717, 1.165) is 11.3 Å². The normalized spacial score (nSPS) is 11.6. The third-order valence-corrected chi connectivity index (χ3v) is 6.19. The number of sulfonamides is 1. The van der Waals surface area contributed by atoms with Gasteiger partial charge in [-0.25, -0.2) is 13.1 Å². The predicted molar refractivity (Wildman–Crippen MR) is 104 cm³/mol. The summed E-state index contributed by atoms with van der Waals surface area (Å²) in [5.74, 6) is 1.36. The van der Waals surface area contributed by atoms with Crippen molar-refractivity contribution >= 4 is 33.2 Å². The molecule has 0 saturated heterocycles. The van der Waals surface area contributed by atoms with E-state index in [0.29, 0.717) is 11.7 Å². The molecule has 0 aliphatic rings. The first-order chi connectivity index (χ1) is 12.3. The maximum atomic E-state index is 12.4. The van der Waals surface area contributed by atoms with Crippen LogP contribution in [0.2, 0.25) is 10.0 Å². The largest absolute Gasteiger partial charge is 0.495 e. The lowest BCUT2D eigenvalue weighted by molar-refractivity contribution is 0.318.